The summed E-state index contributed by atoms with van der Waals surface area (Å²) in [4.78, 5) is 6.30. The Morgan fingerprint density at radius 3 is 3.25 bits per heavy atom. The zero-order valence-electron chi connectivity index (χ0n) is 9.59. The topological polar surface area (TPSA) is 45.6 Å². The first-order chi connectivity index (χ1) is 7.85. The van der Waals surface area contributed by atoms with E-state index in [0.29, 0.717) is 6.10 Å². The SMILES string of the molecule is CCC1CN(c2ccncc2CO)CCO1. The molecule has 0 aromatic carbocycles. The standard InChI is InChI=1S/C12H18N2O2/c1-2-11-8-14(5-6-16-11)12-3-4-13-7-10(12)9-15/h3-4,7,11,15H,2,5-6,8-9H2,1H3. The van der Waals surface area contributed by atoms with E-state index in [9.17, 15) is 5.11 Å². The Morgan fingerprint density at radius 2 is 2.50 bits per heavy atom. The van der Waals surface area contributed by atoms with Crippen LogP contribution in [0.1, 0.15) is 18.9 Å². The quantitative estimate of drug-likeness (QED) is 0.834. The summed E-state index contributed by atoms with van der Waals surface area (Å²) in [5, 5.41) is 9.27. The lowest BCUT2D eigenvalue weighted by Crippen LogP contribution is -2.42. The van der Waals surface area contributed by atoms with Gasteiger partial charge in [-0.1, -0.05) is 6.92 Å². The van der Waals surface area contributed by atoms with Crippen molar-refractivity contribution < 1.29 is 9.84 Å². The average Bonchev–Trinajstić information content (AvgIpc) is 2.38. The third kappa shape index (κ3) is 2.33. The number of ether oxygens (including phenoxy) is 1. The molecule has 0 aliphatic carbocycles. The number of rotatable bonds is 3. The van der Waals surface area contributed by atoms with Crippen molar-refractivity contribution in [3.8, 4) is 0 Å². The summed E-state index contributed by atoms with van der Waals surface area (Å²) in [5.74, 6) is 0. The lowest BCUT2D eigenvalue weighted by Gasteiger charge is -2.35. The van der Waals surface area contributed by atoms with Crippen LogP contribution >= 0.6 is 0 Å². The molecule has 0 bridgehead atoms. The second-order valence-electron chi connectivity index (χ2n) is 4.01. The van der Waals surface area contributed by atoms with Gasteiger partial charge < -0.3 is 14.7 Å². The predicted molar refractivity (Wildman–Crippen MR) is 62.4 cm³/mol. The minimum atomic E-state index is 0.0390. The van der Waals surface area contributed by atoms with Gasteiger partial charge >= 0.3 is 0 Å². The van der Waals surface area contributed by atoms with Crippen molar-refractivity contribution in [2.75, 3.05) is 24.6 Å². The third-order valence-electron chi connectivity index (χ3n) is 2.98. The number of aliphatic hydroxyl groups is 1. The van der Waals surface area contributed by atoms with Crippen LogP contribution in [0.5, 0.6) is 0 Å². The van der Waals surface area contributed by atoms with E-state index < -0.39 is 0 Å². The molecular formula is C12H18N2O2. The van der Waals surface area contributed by atoms with Gasteiger partial charge in [-0.2, -0.15) is 0 Å². The first-order valence-electron chi connectivity index (χ1n) is 5.75. The van der Waals surface area contributed by atoms with Crippen LogP contribution in [-0.2, 0) is 11.3 Å². The molecule has 1 saturated heterocycles. The van der Waals surface area contributed by atoms with Crippen molar-refractivity contribution in [2.24, 2.45) is 0 Å². The van der Waals surface area contributed by atoms with Crippen LogP contribution in [0.2, 0.25) is 0 Å². The Bertz CT molecular complexity index is 344. The molecule has 1 atom stereocenters. The average molecular weight is 222 g/mol. The molecule has 1 unspecified atom stereocenters. The summed E-state index contributed by atoms with van der Waals surface area (Å²) in [6.45, 7) is 4.71. The number of morpholine rings is 1. The van der Waals surface area contributed by atoms with E-state index in [0.717, 1.165) is 37.4 Å². The third-order valence-corrected chi connectivity index (χ3v) is 2.98. The second kappa shape index (κ2) is 5.27. The Morgan fingerprint density at radius 1 is 1.62 bits per heavy atom. The number of pyridine rings is 1. The lowest BCUT2D eigenvalue weighted by atomic mass is 10.1. The fourth-order valence-corrected chi connectivity index (χ4v) is 2.04. The smallest absolute Gasteiger partial charge is 0.0748 e. The number of aromatic nitrogens is 1. The Balaban J connectivity index is 2.16. The molecule has 0 radical (unpaired) electrons. The molecule has 1 fully saturated rings. The van der Waals surface area contributed by atoms with Crippen LogP contribution in [0.4, 0.5) is 5.69 Å². The number of aliphatic hydroxyl groups excluding tert-OH is 1. The summed E-state index contributed by atoms with van der Waals surface area (Å²) in [6, 6.07) is 1.96. The second-order valence-corrected chi connectivity index (χ2v) is 4.01. The summed E-state index contributed by atoms with van der Waals surface area (Å²) in [7, 11) is 0. The first kappa shape index (κ1) is 11.4. The van der Waals surface area contributed by atoms with Gasteiger partial charge in [-0.15, -0.1) is 0 Å². The van der Waals surface area contributed by atoms with Gasteiger partial charge in [-0.3, -0.25) is 4.98 Å². The van der Waals surface area contributed by atoms with Crippen molar-refractivity contribution >= 4 is 5.69 Å². The van der Waals surface area contributed by atoms with Crippen molar-refractivity contribution in [3.63, 3.8) is 0 Å². The first-order valence-corrected chi connectivity index (χ1v) is 5.75. The number of hydrogen-bond donors (Lipinski definition) is 1. The van der Waals surface area contributed by atoms with Crippen LogP contribution in [0, 0.1) is 0 Å². The zero-order chi connectivity index (χ0) is 11.4. The van der Waals surface area contributed by atoms with Gasteiger partial charge in [0.1, 0.15) is 0 Å². The minimum absolute atomic E-state index is 0.0390. The molecule has 2 heterocycles. The van der Waals surface area contributed by atoms with Gasteiger partial charge in [0.2, 0.25) is 0 Å². The lowest BCUT2D eigenvalue weighted by molar-refractivity contribution is 0.0383. The van der Waals surface area contributed by atoms with Crippen LogP contribution in [0.15, 0.2) is 18.5 Å². The summed E-state index contributed by atoms with van der Waals surface area (Å²) in [5.41, 5.74) is 1.97. The van der Waals surface area contributed by atoms with Crippen LogP contribution in [0.3, 0.4) is 0 Å². The number of hydrogen-bond acceptors (Lipinski definition) is 4. The molecule has 1 N–H and O–H groups in total. The Labute approximate surface area is 95.9 Å². The molecule has 1 aliphatic rings. The van der Waals surface area contributed by atoms with E-state index in [2.05, 4.69) is 16.8 Å². The summed E-state index contributed by atoms with van der Waals surface area (Å²) >= 11 is 0. The van der Waals surface area contributed by atoms with Crippen molar-refractivity contribution in [3.05, 3.63) is 24.0 Å². The number of nitrogens with zero attached hydrogens (tertiary/aromatic N) is 2. The molecule has 16 heavy (non-hydrogen) atoms. The molecule has 0 saturated carbocycles. The van der Waals surface area contributed by atoms with Gasteiger partial charge in [0.25, 0.3) is 0 Å². The predicted octanol–water partition coefficient (Wildman–Crippen LogP) is 1.19. The Kier molecular flexibility index (Phi) is 3.74. The highest BCUT2D eigenvalue weighted by Gasteiger charge is 2.20. The molecule has 1 aromatic heterocycles. The van der Waals surface area contributed by atoms with Gasteiger partial charge in [-0.25, -0.2) is 0 Å². The number of anilines is 1. The highest BCUT2D eigenvalue weighted by molar-refractivity contribution is 5.52. The van der Waals surface area contributed by atoms with E-state index in [-0.39, 0.29) is 6.61 Å². The molecule has 4 heteroatoms. The van der Waals surface area contributed by atoms with Gasteiger partial charge in [0.15, 0.2) is 0 Å². The minimum Gasteiger partial charge on any atom is -0.392 e. The van der Waals surface area contributed by atoms with Crippen LogP contribution in [-0.4, -0.2) is 35.9 Å². The van der Waals surface area contributed by atoms with E-state index in [1.807, 2.05) is 6.07 Å². The summed E-state index contributed by atoms with van der Waals surface area (Å²) in [6.07, 6.45) is 4.82. The monoisotopic (exact) mass is 222 g/mol. The fourth-order valence-electron chi connectivity index (χ4n) is 2.04. The van der Waals surface area contributed by atoms with Gasteiger partial charge in [-0.05, 0) is 12.5 Å². The van der Waals surface area contributed by atoms with E-state index >= 15 is 0 Å². The van der Waals surface area contributed by atoms with Gasteiger partial charge in [0, 0.05) is 36.7 Å². The molecule has 1 aliphatic heterocycles. The Hall–Kier alpha value is -1.13. The molecular weight excluding hydrogens is 204 g/mol. The fraction of sp³-hybridized carbons (Fsp3) is 0.583. The molecule has 2 rings (SSSR count). The largest absolute Gasteiger partial charge is 0.392 e. The molecule has 0 amide bonds. The van der Waals surface area contributed by atoms with Crippen LogP contribution in [0.25, 0.3) is 0 Å². The van der Waals surface area contributed by atoms with Gasteiger partial charge in [0.05, 0.1) is 19.3 Å². The maximum Gasteiger partial charge on any atom is 0.0748 e. The normalized spacial score (nSPS) is 21.1. The summed E-state index contributed by atoms with van der Waals surface area (Å²) < 4.78 is 5.63. The van der Waals surface area contributed by atoms with Crippen molar-refractivity contribution in [1.82, 2.24) is 4.98 Å². The highest BCUT2D eigenvalue weighted by Crippen LogP contribution is 2.22. The van der Waals surface area contributed by atoms with E-state index in [1.165, 1.54) is 0 Å². The maximum atomic E-state index is 9.27. The molecule has 0 spiro atoms. The maximum absolute atomic E-state index is 9.27. The zero-order valence-corrected chi connectivity index (χ0v) is 9.59. The molecule has 88 valence electrons. The van der Waals surface area contributed by atoms with Crippen molar-refractivity contribution in [1.29, 1.82) is 0 Å². The molecule has 1 aromatic rings. The highest BCUT2D eigenvalue weighted by atomic mass is 16.5. The van der Waals surface area contributed by atoms with Crippen LogP contribution < -0.4 is 4.90 Å². The van der Waals surface area contributed by atoms with Crippen molar-refractivity contribution in [2.45, 2.75) is 26.1 Å². The molecule has 4 nitrogen and oxygen atoms in total. The van der Waals surface area contributed by atoms with E-state index in [4.69, 9.17) is 4.74 Å². The van der Waals surface area contributed by atoms with E-state index in [1.54, 1.807) is 12.4 Å².